The Morgan fingerprint density at radius 2 is 1.71 bits per heavy atom. The van der Waals surface area contributed by atoms with E-state index in [0.29, 0.717) is 38.8 Å². The molecule has 0 aromatic rings. The summed E-state index contributed by atoms with van der Waals surface area (Å²) in [6, 6.07) is -0.0219. The van der Waals surface area contributed by atoms with Crippen molar-refractivity contribution in [1.29, 1.82) is 0 Å². The number of hydrogen-bond acceptors (Lipinski definition) is 3. The second-order valence-electron chi connectivity index (χ2n) is 4.42. The van der Waals surface area contributed by atoms with E-state index in [-0.39, 0.29) is 23.8 Å². The predicted molar refractivity (Wildman–Crippen MR) is 60.9 cm³/mol. The van der Waals surface area contributed by atoms with Crippen LogP contribution in [0.15, 0.2) is 12.7 Å². The molecule has 0 bridgehead atoms. The van der Waals surface area contributed by atoms with Crippen LogP contribution in [0.4, 0.5) is 0 Å². The van der Waals surface area contributed by atoms with E-state index in [1.165, 1.54) is 11.0 Å². The zero-order valence-corrected chi connectivity index (χ0v) is 9.72. The van der Waals surface area contributed by atoms with E-state index in [1.807, 2.05) is 0 Å². The van der Waals surface area contributed by atoms with Gasteiger partial charge < -0.3 is 4.90 Å². The van der Waals surface area contributed by atoms with Gasteiger partial charge in [0.15, 0.2) is 0 Å². The topological polar surface area (TPSA) is 57.7 Å². The lowest BCUT2D eigenvalue weighted by molar-refractivity contribution is -0.142. The first-order valence-electron chi connectivity index (χ1n) is 5.89. The van der Waals surface area contributed by atoms with Crippen LogP contribution in [0, 0.1) is 0 Å². The summed E-state index contributed by atoms with van der Waals surface area (Å²) in [6.07, 6.45) is 3.33. The van der Waals surface area contributed by atoms with Crippen molar-refractivity contribution in [3.05, 3.63) is 12.7 Å². The maximum absolute atomic E-state index is 11.6. The van der Waals surface area contributed by atoms with Crippen molar-refractivity contribution in [2.45, 2.75) is 31.7 Å². The molecule has 2 aliphatic heterocycles. The third kappa shape index (κ3) is 2.23. The van der Waals surface area contributed by atoms with Crippen LogP contribution >= 0.6 is 0 Å². The Balaban J connectivity index is 1.95. The van der Waals surface area contributed by atoms with Gasteiger partial charge in [-0.05, 0) is 18.9 Å². The normalized spacial score (nSPS) is 22.1. The summed E-state index contributed by atoms with van der Waals surface area (Å²) in [5.41, 5.74) is 0. The lowest BCUT2D eigenvalue weighted by Crippen LogP contribution is -2.48. The lowest BCUT2D eigenvalue weighted by Gasteiger charge is -2.35. The molecule has 5 nitrogen and oxygen atoms in total. The van der Waals surface area contributed by atoms with Crippen molar-refractivity contribution < 1.29 is 14.4 Å². The fourth-order valence-corrected chi connectivity index (χ4v) is 2.47. The zero-order chi connectivity index (χ0) is 12.4. The second kappa shape index (κ2) is 4.69. The summed E-state index contributed by atoms with van der Waals surface area (Å²) in [5.74, 6) is -0.213. The van der Waals surface area contributed by atoms with Gasteiger partial charge in [0.05, 0.1) is 0 Å². The fraction of sp³-hybridized carbons (Fsp3) is 0.583. The van der Waals surface area contributed by atoms with Crippen LogP contribution in [0.5, 0.6) is 0 Å². The summed E-state index contributed by atoms with van der Waals surface area (Å²) in [6.45, 7) is 4.63. The highest BCUT2D eigenvalue weighted by Gasteiger charge is 2.36. The zero-order valence-electron chi connectivity index (χ0n) is 9.72. The van der Waals surface area contributed by atoms with Gasteiger partial charge in [-0.25, -0.2) is 0 Å². The molecule has 2 aliphatic rings. The maximum Gasteiger partial charge on any atom is 0.245 e. The van der Waals surface area contributed by atoms with Gasteiger partial charge in [-0.1, -0.05) is 6.58 Å². The van der Waals surface area contributed by atoms with Gasteiger partial charge >= 0.3 is 0 Å². The number of nitrogens with zero attached hydrogens (tertiary/aromatic N) is 2. The van der Waals surface area contributed by atoms with E-state index in [1.54, 1.807) is 4.90 Å². The standard InChI is InChI=1S/C12H16N2O3/c1-2-10(15)13-7-5-9(6-8-13)14-11(16)3-4-12(14)17/h2,9H,1,3-8H2. The van der Waals surface area contributed by atoms with Crippen LogP contribution < -0.4 is 0 Å². The fourth-order valence-electron chi connectivity index (χ4n) is 2.47. The molecule has 0 atom stereocenters. The Morgan fingerprint density at radius 1 is 1.18 bits per heavy atom. The van der Waals surface area contributed by atoms with Crippen LogP contribution in [0.1, 0.15) is 25.7 Å². The number of likely N-dealkylation sites (tertiary alicyclic amines) is 2. The van der Waals surface area contributed by atoms with Gasteiger partial charge in [-0.15, -0.1) is 0 Å². The number of rotatable bonds is 2. The SMILES string of the molecule is C=CC(=O)N1CCC(N2C(=O)CCC2=O)CC1. The van der Waals surface area contributed by atoms with Crippen molar-refractivity contribution in [2.24, 2.45) is 0 Å². The first-order chi connectivity index (χ1) is 8.13. The second-order valence-corrected chi connectivity index (χ2v) is 4.42. The minimum absolute atomic E-state index is 0.0219. The van der Waals surface area contributed by atoms with Gasteiger partial charge in [0, 0.05) is 32.0 Å². The highest BCUT2D eigenvalue weighted by Crippen LogP contribution is 2.23. The largest absolute Gasteiger partial charge is 0.339 e. The molecule has 0 unspecified atom stereocenters. The summed E-state index contributed by atoms with van der Waals surface area (Å²) in [4.78, 5) is 37.6. The molecule has 5 heteroatoms. The van der Waals surface area contributed by atoms with Crippen LogP contribution in [0.3, 0.4) is 0 Å². The summed E-state index contributed by atoms with van der Waals surface area (Å²) in [5, 5.41) is 0. The van der Waals surface area contributed by atoms with Gasteiger partial charge in [-0.2, -0.15) is 0 Å². The molecule has 92 valence electrons. The smallest absolute Gasteiger partial charge is 0.245 e. The van der Waals surface area contributed by atoms with Crippen molar-refractivity contribution in [1.82, 2.24) is 9.80 Å². The maximum atomic E-state index is 11.6. The average Bonchev–Trinajstić information content (AvgIpc) is 2.68. The number of piperidine rings is 1. The van der Waals surface area contributed by atoms with Crippen LogP contribution in [0.25, 0.3) is 0 Å². The van der Waals surface area contributed by atoms with Crippen LogP contribution in [-0.4, -0.2) is 46.7 Å². The molecule has 2 rings (SSSR count). The predicted octanol–water partition coefficient (Wildman–Crippen LogP) is 0.312. The van der Waals surface area contributed by atoms with E-state index >= 15 is 0 Å². The third-order valence-corrected chi connectivity index (χ3v) is 3.41. The van der Waals surface area contributed by atoms with Gasteiger partial charge in [0.1, 0.15) is 0 Å². The molecular weight excluding hydrogens is 220 g/mol. The summed E-state index contributed by atoms with van der Waals surface area (Å²) in [7, 11) is 0. The third-order valence-electron chi connectivity index (χ3n) is 3.41. The number of imide groups is 1. The Hall–Kier alpha value is -1.65. The van der Waals surface area contributed by atoms with E-state index in [0.717, 1.165) is 0 Å². The quantitative estimate of drug-likeness (QED) is 0.512. The number of carbonyl (C=O) groups is 3. The van der Waals surface area contributed by atoms with Crippen LogP contribution in [-0.2, 0) is 14.4 Å². The first-order valence-corrected chi connectivity index (χ1v) is 5.89. The van der Waals surface area contributed by atoms with E-state index in [2.05, 4.69) is 6.58 Å². The first kappa shape index (κ1) is 11.8. The van der Waals surface area contributed by atoms with Crippen molar-refractivity contribution >= 4 is 17.7 Å². The minimum Gasteiger partial charge on any atom is -0.339 e. The van der Waals surface area contributed by atoms with Gasteiger partial charge in [0.2, 0.25) is 17.7 Å². The highest BCUT2D eigenvalue weighted by atomic mass is 16.2. The summed E-state index contributed by atoms with van der Waals surface area (Å²) >= 11 is 0. The van der Waals surface area contributed by atoms with Crippen molar-refractivity contribution in [2.75, 3.05) is 13.1 Å². The molecule has 0 spiro atoms. The molecule has 0 N–H and O–H groups in total. The van der Waals surface area contributed by atoms with Crippen molar-refractivity contribution in [3.8, 4) is 0 Å². The molecule has 2 fully saturated rings. The van der Waals surface area contributed by atoms with Gasteiger partial charge in [-0.3, -0.25) is 19.3 Å². The minimum atomic E-state index is -0.0810. The lowest BCUT2D eigenvalue weighted by atomic mass is 10.0. The van der Waals surface area contributed by atoms with E-state index < -0.39 is 0 Å². The average molecular weight is 236 g/mol. The molecule has 2 saturated heterocycles. The Bertz CT molecular complexity index is 354. The van der Waals surface area contributed by atoms with Gasteiger partial charge in [0.25, 0.3) is 0 Å². The highest BCUT2D eigenvalue weighted by molar-refractivity contribution is 6.02. The van der Waals surface area contributed by atoms with Crippen LogP contribution in [0.2, 0.25) is 0 Å². The molecule has 0 aliphatic carbocycles. The molecule has 0 aromatic heterocycles. The number of carbonyl (C=O) groups excluding carboxylic acids is 3. The number of amides is 3. The van der Waals surface area contributed by atoms with E-state index in [9.17, 15) is 14.4 Å². The molecule has 0 radical (unpaired) electrons. The molecule has 0 aromatic carbocycles. The monoisotopic (exact) mass is 236 g/mol. The Kier molecular flexibility index (Phi) is 3.26. The Morgan fingerprint density at radius 3 is 2.18 bits per heavy atom. The molecule has 2 heterocycles. The molecule has 0 saturated carbocycles. The summed E-state index contributed by atoms with van der Waals surface area (Å²) < 4.78 is 0. The van der Waals surface area contributed by atoms with Crippen molar-refractivity contribution in [3.63, 3.8) is 0 Å². The Labute approximate surface area is 100 Å². The molecular formula is C12H16N2O3. The van der Waals surface area contributed by atoms with E-state index in [4.69, 9.17) is 0 Å². The molecule has 17 heavy (non-hydrogen) atoms. The molecule has 3 amide bonds. The number of hydrogen-bond donors (Lipinski definition) is 0.